The predicted octanol–water partition coefficient (Wildman–Crippen LogP) is 5.70. The molecule has 1 atom stereocenters. The first kappa shape index (κ1) is 24.4. The highest BCUT2D eigenvalue weighted by Gasteiger charge is 2.20. The molecule has 0 aliphatic carbocycles. The molecule has 1 amide bonds. The van der Waals surface area contributed by atoms with E-state index < -0.39 is 22.0 Å². The Morgan fingerprint density at radius 1 is 0.969 bits per heavy atom. The summed E-state index contributed by atoms with van der Waals surface area (Å²) < 4.78 is 33.5. The minimum absolute atomic E-state index is 0.0206. The fourth-order valence-electron chi connectivity index (χ4n) is 2.81. The third kappa shape index (κ3) is 6.15. The Hall–Kier alpha value is -2.29. The number of halogens is 3. The summed E-state index contributed by atoms with van der Waals surface area (Å²) in [7, 11) is -3.82. The average Bonchev–Trinajstić information content (AvgIpc) is 2.76. The maximum atomic E-state index is 12.7. The van der Waals surface area contributed by atoms with Crippen molar-refractivity contribution in [3.63, 3.8) is 0 Å². The molecule has 6 nitrogen and oxygen atoms in total. The normalized spacial score (nSPS) is 12.2. The number of hydrogen-bond acceptors (Lipinski definition) is 4. The van der Waals surface area contributed by atoms with Crippen LogP contribution in [0.4, 0.5) is 5.69 Å². The number of nitrogens with one attached hydrogen (secondary N) is 2. The van der Waals surface area contributed by atoms with E-state index in [4.69, 9.17) is 39.5 Å². The van der Waals surface area contributed by atoms with Crippen molar-refractivity contribution in [1.29, 1.82) is 0 Å². The topological polar surface area (TPSA) is 84.5 Å². The van der Waals surface area contributed by atoms with E-state index >= 15 is 0 Å². The summed E-state index contributed by atoms with van der Waals surface area (Å²) >= 11 is 18.2. The average molecular weight is 514 g/mol. The summed E-state index contributed by atoms with van der Waals surface area (Å²) in [4.78, 5) is 12.1. The summed E-state index contributed by atoms with van der Waals surface area (Å²) in [5, 5.41) is 3.16. The molecule has 0 radical (unpaired) electrons. The highest BCUT2D eigenvalue weighted by Crippen LogP contribution is 2.30. The first-order valence-electron chi connectivity index (χ1n) is 9.41. The Kier molecular flexibility index (Phi) is 8.03. The number of hydrogen-bond donors (Lipinski definition) is 2. The van der Waals surface area contributed by atoms with E-state index in [0.29, 0.717) is 10.7 Å². The van der Waals surface area contributed by atoms with Crippen LogP contribution >= 0.6 is 34.8 Å². The second-order valence-corrected chi connectivity index (χ2v) is 9.69. The van der Waals surface area contributed by atoms with Gasteiger partial charge < -0.3 is 10.1 Å². The van der Waals surface area contributed by atoms with E-state index in [-0.39, 0.29) is 27.3 Å². The standard InChI is InChI=1S/C22H19Cl3N2O4S/c1-14(15-6-3-2-4-7-15)27-32(29,30)16-10-11-20(18(24)12-16)31-13-21(28)26-19-9-5-8-17(23)22(19)25/h2-12,14,27H,13H2,1H3,(H,26,28)/t14-/m1/s1. The van der Waals surface area contributed by atoms with Gasteiger partial charge in [-0.2, -0.15) is 0 Å². The van der Waals surface area contributed by atoms with Crippen molar-refractivity contribution in [3.8, 4) is 5.75 Å². The van der Waals surface area contributed by atoms with Gasteiger partial charge in [-0.05, 0) is 42.8 Å². The number of rotatable bonds is 8. The minimum atomic E-state index is -3.82. The second-order valence-electron chi connectivity index (χ2n) is 6.78. The molecular formula is C22H19Cl3N2O4S. The lowest BCUT2D eigenvalue weighted by atomic mass is 10.1. The third-order valence-corrected chi connectivity index (χ3v) is 7.08. The van der Waals surface area contributed by atoms with Crippen molar-refractivity contribution in [3.05, 3.63) is 87.4 Å². The van der Waals surface area contributed by atoms with Crippen molar-refractivity contribution in [1.82, 2.24) is 4.72 Å². The molecule has 10 heteroatoms. The summed E-state index contributed by atoms with van der Waals surface area (Å²) in [5.41, 5.74) is 1.17. The summed E-state index contributed by atoms with van der Waals surface area (Å²) in [6.45, 7) is 1.38. The summed E-state index contributed by atoms with van der Waals surface area (Å²) in [5.74, 6) is -0.325. The van der Waals surface area contributed by atoms with Crippen LogP contribution in [0.1, 0.15) is 18.5 Å². The monoisotopic (exact) mass is 512 g/mol. The van der Waals surface area contributed by atoms with Gasteiger partial charge in [0.05, 0.1) is 25.7 Å². The first-order valence-corrected chi connectivity index (χ1v) is 12.0. The number of carbonyl (C=O) groups is 1. The molecule has 0 fully saturated rings. The zero-order valence-corrected chi connectivity index (χ0v) is 19.9. The largest absolute Gasteiger partial charge is 0.482 e. The number of anilines is 1. The Bertz CT molecular complexity index is 1220. The van der Waals surface area contributed by atoms with E-state index in [9.17, 15) is 13.2 Å². The number of ether oxygens (including phenoxy) is 1. The first-order chi connectivity index (χ1) is 15.2. The van der Waals surface area contributed by atoms with E-state index in [1.165, 1.54) is 18.2 Å². The van der Waals surface area contributed by atoms with E-state index in [0.717, 1.165) is 5.56 Å². The Balaban J connectivity index is 1.64. The highest BCUT2D eigenvalue weighted by molar-refractivity contribution is 7.89. The number of benzene rings is 3. The predicted molar refractivity (Wildman–Crippen MR) is 127 cm³/mol. The molecule has 168 valence electrons. The highest BCUT2D eigenvalue weighted by atomic mass is 35.5. The molecule has 3 rings (SSSR count). The molecule has 0 heterocycles. The SMILES string of the molecule is C[C@@H](NS(=O)(=O)c1ccc(OCC(=O)Nc2cccc(Cl)c2Cl)c(Cl)c1)c1ccccc1. The van der Waals surface area contributed by atoms with Crippen LogP contribution in [-0.2, 0) is 14.8 Å². The molecule has 3 aromatic rings. The van der Waals surface area contributed by atoms with Crippen LogP contribution < -0.4 is 14.8 Å². The molecule has 0 spiro atoms. The van der Waals surface area contributed by atoms with Crippen LogP contribution in [0.3, 0.4) is 0 Å². The zero-order chi connectivity index (χ0) is 23.3. The summed E-state index contributed by atoms with van der Waals surface area (Å²) in [6.07, 6.45) is 0. The van der Waals surface area contributed by atoms with Crippen LogP contribution in [0.2, 0.25) is 15.1 Å². The lowest BCUT2D eigenvalue weighted by molar-refractivity contribution is -0.118. The number of sulfonamides is 1. The molecule has 0 aliphatic heterocycles. The molecule has 0 unspecified atom stereocenters. The molecule has 32 heavy (non-hydrogen) atoms. The number of carbonyl (C=O) groups excluding carboxylic acids is 1. The second kappa shape index (κ2) is 10.6. The molecule has 0 saturated heterocycles. The van der Waals surface area contributed by atoms with Crippen molar-refractivity contribution in [2.24, 2.45) is 0 Å². The Morgan fingerprint density at radius 3 is 2.38 bits per heavy atom. The van der Waals surface area contributed by atoms with Gasteiger partial charge in [0.2, 0.25) is 10.0 Å². The summed E-state index contributed by atoms with van der Waals surface area (Å²) in [6, 6.07) is 17.6. The molecule has 0 saturated carbocycles. The van der Waals surface area contributed by atoms with E-state index in [1.54, 1.807) is 25.1 Å². The lowest BCUT2D eigenvalue weighted by Crippen LogP contribution is -2.27. The van der Waals surface area contributed by atoms with Gasteiger partial charge >= 0.3 is 0 Å². The third-order valence-electron chi connectivity index (χ3n) is 4.43. The van der Waals surface area contributed by atoms with Gasteiger partial charge in [-0.15, -0.1) is 0 Å². The quantitative estimate of drug-likeness (QED) is 0.404. The van der Waals surface area contributed by atoms with Gasteiger partial charge in [0, 0.05) is 6.04 Å². The molecule has 0 aromatic heterocycles. The van der Waals surface area contributed by atoms with Crippen LogP contribution in [-0.4, -0.2) is 20.9 Å². The van der Waals surface area contributed by atoms with Gasteiger partial charge in [-0.25, -0.2) is 13.1 Å². The lowest BCUT2D eigenvalue weighted by Gasteiger charge is -2.15. The fourth-order valence-corrected chi connectivity index (χ4v) is 4.71. The van der Waals surface area contributed by atoms with Crippen molar-refractivity contribution >= 4 is 56.4 Å². The van der Waals surface area contributed by atoms with Gasteiger partial charge in [0.25, 0.3) is 5.91 Å². The molecule has 3 aromatic carbocycles. The number of amides is 1. The maximum Gasteiger partial charge on any atom is 0.262 e. The van der Waals surface area contributed by atoms with Crippen LogP contribution in [0.25, 0.3) is 0 Å². The molecule has 2 N–H and O–H groups in total. The zero-order valence-electron chi connectivity index (χ0n) is 16.8. The molecule has 0 bridgehead atoms. The van der Waals surface area contributed by atoms with Crippen LogP contribution in [0, 0.1) is 0 Å². The fraction of sp³-hybridized carbons (Fsp3) is 0.136. The van der Waals surface area contributed by atoms with E-state index in [2.05, 4.69) is 10.0 Å². The van der Waals surface area contributed by atoms with Gasteiger partial charge in [-0.1, -0.05) is 71.2 Å². The van der Waals surface area contributed by atoms with Crippen LogP contribution in [0.15, 0.2) is 71.6 Å². The Morgan fingerprint density at radius 2 is 1.69 bits per heavy atom. The molecular weight excluding hydrogens is 495 g/mol. The Labute approximate surface area is 201 Å². The van der Waals surface area contributed by atoms with Crippen molar-refractivity contribution in [2.45, 2.75) is 17.9 Å². The van der Waals surface area contributed by atoms with Crippen molar-refractivity contribution in [2.75, 3.05) is 11.9 Å². The molecule has 0 aliphatic rings. The minimum Gasteiger partial charge on any atom is -0.482 e. The van der Waals surface area contributed by atoms with Gasteiger partial charge in [-0.3, -0.25) is 4.79 Å². The van der Waals surface area contributed by atoms with Gasteiger partial charge in [0.1, 0.15) is 5.75 Å². The van der Waals surface area contributed by atoms with Crippen LogP contribution in [0.5, 0.6) is 5.75 Å². The van der Waals surface area contributed by atoms with Gasteiger partial charge in [0.15, 0.2) is 6.61 Å². The van der Waals surface area contributed by atoms with E-state index in [1.807, 2.05) is 30.3 Å². The van der Waals surface area contributed by atoms with Crippen molar-refractivity contribution < 1.29 is 17.9 Å². The smallest absolute Gasteiger partial charge is 0.262 e. The maximum absolute atomic E-state index is 12.7.